The van der Waals surface area contributed by atoms with Crippen molar-refractivity contribution >= 4 is 11.6 Å². The molecular formula is C26H22N4O3. The van der Waals surface area contributed by atoms with Crippen LogP contribution in [0.25, 0.3) is 5.70 Å². The van der Waals surface area contributed by atoms with E-state index in [1.807, 2.05) is 53.2 Å². The summed E-state index contributed by atoms with van der Waals surface area (Å²) in [5.41, 5.74) is 5.11. The van der Waals surface area contributed by atoms with Crippen molar-refractivity contribution in [2.75, 3.05) is 19.5 Å². The number of benzene rings is 3. The zero-order valence-electron chi connectivity index (χ0n) is 18.2. The van der Waals surface area contributed by atoms with Gasteiger partial charge in [0.25, 0.3) is 0 Å². The lowest BCUT2D eigenvalue weighted by Gasteiger charge is -2.39. The molecule has 3 heterocycles. The van der Waals surface area contributed by atoms with Crippen LogP contribution in [-0.2, 0) is 0 Å². The van der Waals surface area contributed by atoms with E-state index in [0.29, 0.717) is 5.95 Å². The van der Waals surface area contributed by atoms with E-state index < -0.39 is 0 Å². The Bertz CT molecular complexity index is 1360. The Morgan fingerprint density at radius 2 is 1.70 bits per heavy atom. The Hall–Kier alpha value is -4.26. The van der Waals surface area contributed by atoms with E-state index in [4.69, 9.17) is 14.2 Å². The van der Waals surface area contributed by atoms with Gasteiger partial charge >= 0.3 is 0 Å². The molecule has 0 unspecified atom stereocenters. The average molecular weight is 438 g/mol. The van der Waals surface area contributed by atoms with Crippen LogP contribution in [-0.4, -0.2) is 29.0 Å². The smallest absolute Gasteiger partial charge is 0.226 e. The average Bonchev–Trinajstić information content (AvgIpc) is 3.35. The molecule has 1 aromatic heterocycles. The Balaban J connectivity index is 1.60. The van der Waals surface area contributed by atoms with E-state index >= 15 is 0 Å². The zero-order valence-corrected chi connectivity index (χ0v) is 18.2. The fraction of sp³-hybridized carbons (Fsp3) is 0.154. The highest BCUT2D eigenvalue weighted by molar-refractivity contribution is 5.85. The van der Waals surface area contributed by atoms with E-state index in [0.717, 1.165) is 45.2 Å². The largest absolute Gasteiger partial charge is 0.497 e. The molecular weight excluding hydrogens is 416 g/mol. The summed E-state index contributed by atoms with van der Waals surface area (Å²) in [6, 6.07) is 23.9. The van der Waals surface area contributed by atoms with Crippen LogP contribution in [0.5, 0.6) is 17.2 Å². The summed E-state index contributed by atoms with van der Waals surface area (Å²) in [7, 11) is 3.34. The van der Waals surface area contributed by atoms with Crippen molar-refractivity contribution in [1.82, 2.24) is 14.8 Å². The van der Waals surface area contributed by atoms with Gasteiger partial charge < -0.3 is 19.5 Å². The molecule has 0 saturated carbocycles. The maximum absolute atomic E-state index is 6.64. The first-order valence-electron chi connectivity index (χ1n) is 10.7. The predicted octanol–water partition coefficient (Wildman–Crippen LogP) is 4.86. The van der Waals surface area contributed by atoms with E-state index in [1.54, 1.807) is 20.5 Å². The number of aromatic nitrogens is 3. The molecule has 33 heavy (non-hydrogen) atoms. The molecule has 0 spiro atoms. The van der Waals surface area contributed by atoms with Crippen LogP contribution < -0.4 is 19.5 Å². The van der Waals surface area contributed by atoms with Crippen molar-refractivity contribution in [2.24, 2.45) is 0 Å². The highest BCUT2D eigenvalue weighted by Crippen LogP contribution is 2.50. The summed E-state index contributed by atoms with van der Waals surface area (Å²) in [4.78, 5) is 4.48. The second-order valence-corrected chi connectivity index (χ2v) is 7.93. The highest BCUT2D eigenvalue weighted by Gasteiger charge is 2.40. The van der Waals surface area contributed by atoms with Gasteiger partial charge in [0.15, 0.2) is 0 Å². The lowest BCUT2D eigenvalue weighted by molar-refractivity contribution is 0.222. The normalized spacial score (nSPS) is 18.4. The Kier molecular flexibility index (Phi) is 4.54. The van der Waals surface area contributed by atoms with E-state index in [9.17, 15) is 0 Å². The van der Waals surface area contributed by atoms with Crippen LogP contribution in [0.3, 0.4) is 0 Å². The number of nitrogens with one attached hydrogen (secondary N) is 1. The molecule has 3 aromatic carbocycles. The number of nitrogens with zero attached hydrogens (tertiary/aromatic N) is 3. The van der Waals surface area contributed by atoms with Crippen molar-refractivity contribution in [3.63, 3.8) is 0 Å². The first-order valence-corrected chi connectivity index (χ1v) is 10.7. The van der Waals surface area contributed by atoms with Gasteiger partial charge in [0.1, 0.15) is 35.7 Å². The number of hydrogen-bond donors (Lipinski definition) is 1. The summed E-state index contributed by atoms with van der Waals surface area (Å²) in [5, 5.41) is 8.08. The van der Waals surface area contributed by atoms with Crippen LogP contribution >= 0.6 is 0 Å². The molecule has 7 heteroatoms. The fourth-order valence-electron chi connectivity index (χ4n) is 4.60. The minimum Gasteiger partial charge on any atom is -0.497 e. The minimum absolute atomic E-state index is 0.214. The van der Waals surface area contributed by atoms with Gasteiger partial charge in [-0.2, -0.15) is 10.1 Å². The number of para-hydroxylation sites is 1. The lowest BCUT2D eigenvalue weighted by Crippen LogP contribution is -2.32. The van der Waals surface area contributed by atoms with Crippen LogP contribution in [0.4, 0.5) is 5.95 Å². The topological polar surface area (TPSA) is 70.4 Å². The molecule has 0 radical (unpaired) electrons. The second kappa shape index (κ2) is 7.70. The van der Waals surface area contributed by atoms with Crippen molar-refractivity contribution < 1.29 is 14.2 Å². The molecule has 1 N–H and O–H groups in total. The zero-order chi connectivity index (χ0) is 22.4. The third-order valence-electron chi connectivity index (χ3n) is 6.15. The van der Waals surface area contributed by atoms with Gasteiger partial charge in [-0.15, -0.1) is 0 Å². The summed E-state index contributed by atoms with van der Waals surface area (Å²) >= 11 is 0. The SMILES string of the molecule is COc1ccc([C@H]2C3=C(Nc4ncnn42)c2ccccc2O[C@@H]3c2cccc(OC)c2)cc1. The number of anilines is 1. The van der Waals surface area contributed by atoms with Crippen molar-refractivity contribution in [2.45, 2.75) is 12.1 Å². The molecule has 2 atom stereocenters. The van der Waals surface area contributed by atoms with Crippen LogP contribution in [0.15, 0.2) is 84.7 Å². The first kappa shape index (κ1) is 19.4. The molecule has 0 saturated heterocycles. The Labute approximate surface area is 191 Å². The molecule has 2 aliphatic heterocycles. The van der Waals surface area contributed by atoms with Crippen LogP contribution in [0.2, 0.25) is 0 Å². The standard InChI is InChI=1S/C26H22N4O3/c1-31-18-12-10-16(11-13-18)24-22-23(29-26-27-15-28-30(24)26)20-8-3-4-9-21(20)33-25(22)17-6-5-7-19(14-17)32-2/h3-15,24-25H,1-2H3,(H,27,28,29)/t24-,25+/m0/s1. The Morgan fingerprint density at radius 3 is 2.52 bits per heavy atom. The fourth-order valence-corrected chi connectivity index (χ4v) is 4.60. The number of ether oxygens (including phenoxy) is 3. The summed E-state index contributed by atoms with van der Waals surface area (Å²) in [5.74, 6) is 3.09. The molecule has 0 amide bonds. The van der Waals surface area contributed by atoms with Crippen LogP contribution in [0, 0.1) is 0 Å². The molecule has 2 aliphatic rings. The lowest BCUT2D eigenvalue weighted by atomic mass is 9.84. The molecule has 0 bridgehead atoms. The third kappa shape index (κ3) is 3.12. The second-order valence-electron chi connectivity index (χ2n) is 7.93. The molecule has 164 valence electrons. The third-order valence-corrected chi connectivity index (χ3v) is 6.15. The number of hydrogen-bond acceptors (Lipinski definition) is 6. The summed E-state index contributed by atoms with van der Waals surface area (Å²) in [6.45, 7) is 0. The molecule has 7 nitrogen and oxygen atoms in total. The van der Waals surface area contributed by atoms with Crippen molar-refractivity contribution in [3.05, 3.63) is 101 Å². The summed E-state index contributed by atoms with van der Waals surface area (Å²) in [6.07, 6.45) is 1.23. The number of fused-ring (bicyclic) bond motifs is 3. The first-order chi connectivity index (χ1) is 16.3. The quantitative estimate of drug-likeness (QED) is 0.491. The van der Waals surface area contributed by atoms with Crippen LogP contribution in [0.1, 0.15) is 28.8 Å². The highest BCUT2D eigenvalue weighted by atomic mass is 16.5. The monoisotopic (exact) mass is 438 g/mol. The number of rotatable bonds is 4. The van der Waals surface area contributed by atoms with Gasteiger partial charge in [0.2, 0.25) is 5.95 Å². The Morgan fingerprint density at radius 1 is 0.879 bits per heavy atom. The molecule has 0 aliphatic carbocycles. The van der Waals surface area contributed by atoms with E-state index in [2.05, 4.69) is 39.7 Å². The van der Waals surface area contributed by atoms with E-state index in [-0.39, 0.29) is 12.1 Å². The van der Waals surface area contributed by atoms with Gasteiger partial charge in [-0.25, -0.2) is 4.68 Å². The van der Waals surface area contributed by atoms with E-state index in [1.165, 1.54) is 0 Å². The van der Waals surface area contributed by atoms with Gasteiger partial charge in [-0.1, -0.05) is 36.4 Å². The predicted molar refractivity (Wildman–Crippen MR) is 125 cm³/mol. The van der Waals surface area contributed by atoms with Crippen molar-refractivity contribution in [1.29, 1.82) is 0 Å². The maximum Gasteiger partial charge on any atom is 0.226 e. The number of methoxy groups -OCH3 is 2. The van der Waals surface area contributed by atoms with Crippen molar-refractivity contribution in [3.8, 4) is 17.2 Å². The van der Waals surface area contributed by atoms with Gasteiger partial charge in [-0.05, 0) is 42.0 Å². The summed E-state index contributed by atoms with van der Waals surface area (Å²) < 4.78 is 19.4. The molecule has 0 fully saturated rings. The maximum atomic E-state index is 6.64. The minimum atomic E-state index is -0.345. The molecule has 4 aromatic rings. The molecule has 6 rings (SSSR count). The van der Waals surface area contributed by atoms with Gasteiger partial charge in [-0.3, -0.25) is 0 Å². The van der Waals surface area contributed by atoms with Gasteiger partial charge in [0.05, 0.1) is 19.9 Å². The van der Waals surface area contributed by atoms with Gasteiger partial charge in [0, 0.05) is 16.7 Å².